The number of aromatic nitrogens is 2. The molecule has 9 nitrogen and oxygen atoms in total. The number of halogens is 1. The first-order valence-electron chi connectivity index (χ1n) is 9.96. The monoisotopic (exact) mass is 454 g/mol. The number of carbonyl (C=O) groups is 2. The fraction of sp³-hybridized carbons (Fsp3) is 0.217. The van der Waals surface area contributed by atoms with Gasteiger partial charge in [0.05, 0.1) is 5.56 Å². The summed E-state index contributed by atoms with van der Waals surface area (Å²) in [7, 11) is 1.37. The number of benzene rings is 2. The zero-order valence-corrected chi connectivity index (χ0v) is 18.3. The molecule has 0 unspecified atom stereocenters. The Morgan fingerprint density at radius 1 is 1.12 bits per heavy atom. The van der Waals surface area contributed by atoms with E-state index in [9.17, 15) is 23.9 Å². The van der Waals surface area contributed by atoms with Gasteiger partial charge >= 0.3 is 5.97 Å². The number of nitrogens with one attached hydrogen (secondary N) is 2. The largest absolute Gasteiger partial charge is 0.501 e. The highest BCUT2D eigenvalue weighted by Crippen LogP contribution is 2.20. The van der Waals surface area contributed by atoms with Crippen LogP contribution in [0.1, 0.15) is 46.1 Å². The van der Waals surface area contributed by atoms with E-state index in [1.54, 1.807) is 44.2 Å². The molecule has 0 fully saturated rings. The highest BCUT2D eigenvalue weighted by molar-refractivity contribution is 5.94. The zero-order valence-electron chi connectivity index (χ0n) is 18.3. The van der Waals surface area contributed by atoms with Crippen LogP contribution in [0, 0.1) is 5.82 Å². The van der Waals surface area contributed by atoms with Crippen LogP contribution in [0.2, 0.25) is 0 Å². The molecule has 3 aromatic rings. The van der Waals surface area contributed by atoms with Gasteiger partial charge in [0, 0.05) is 13.6 Å². The molecule has 0 spiro atoms. The summed E-state index contributed by atoms with van der Waals surface area (Å²) < 4.78 is 14.1. The molecule has 33 heavy (non-hydrogen) atoms. The number of amides is 1. The van der Waals surface area contributed by atoms with Crippen molar-refractivity contribution < 1.29 is 23.9 Å². The third kappa shape index (κ3) is 5.42. The summed E-state index contributed by atoms with van der Waals surface area (Å²) >= 11 is 0. The van der Waals surface area contributed by atoms with Crippen LogP contribution in [-0.4, -0.2) is 26.5 Å². The first-order valence-corrected chi connectivity index (χ1v) is 9.96. The predicted molar refractivity (Wildman–Crippen MR) is 117 cm³/mol. The molecule has 3 N–H and O–H groups in total. The van der Waals surface area contributed by atoms with Crippen LogP contribution in [0.25, 0.3) is 0 Å². The van der Waals surface area contributed by atoms with Crippen molar-refractivity contribution in [3.63, 3.8) is 0 Å². The summed E-state index contributed by atoms with van der Waals surface area (Å²) in [6.45, 7) is 3.20. The van der Waals surface area contributed by atoms with Crippen molar-refractivity contribution in [3.8, 4) is 5.75 Å². The highest BCUT2D eigenvalue weighted by atomic mass is 19.1. The summed E-state index contributed by atoms with van der Waals surface area (Å²) in [5.41, 5.74) is 0.950. The molecule has 0 aliphatic rings. The molecule has 0 atom stereocenters. The second-order valence-corrected chi connectivity index (χ2v) is 7.79. The van der Waals surface area contributed by atoms with E-state index in [2.05, 4.69) is 15.8 Å². The number of hydroxylamine groups is 1. The van der Waals surface area contributed by atoms with Gasteiger partial charge in [-0.15, -0.1) is 5.48 Å². The molecule has 0 saturated carbocycles. The van der Waals surface area contributed by atoms with Crippen molar-refractivity contribution in [2.24, 2.45) is 7.05 Å². The van der Waals surface area contributed by atoms with E-state index < -0.39 is 40.2 Å². The minimum absolute atomic E-state index is 0.0289. The Morgan fingerprint density at radius 2 is 1.76 bits per heavy atom. The average Bonchev–Trinajstić information content (AvgIpc) is 2.81. The lowest BCUT2D eigenvalue weighted by Gasteiger charge is -2.26. The van der Waals surface area contributed by atoms with Crippen molar-refractivity contribution in [2.45, 2.75) is 25.9 Å². The van der Waals surface area contributed by atoms with E-state index in [-0.39, 0.29) is 12.4 Å². The summed E-state index contributed by atoms with van der Waals surface area (Å²) in [6.07, 6.45) is 0. The SMILES string of the molecule is Cn1c(C(C)(C)NOC(=O)c2ccccc2)nc(C(=O)NCc2ccc(F)cc2)c(O)c1=O. The normalized spacial score (nSPS) is 11.2. The lowest BCUT2D eigenvalue weighted by Crippen LogP contribution is -2.44. The Hall–Kier alpha value is -4.05. The molecule has 0 saturated heterocycles. The van der Waals surface area contributed by atoms with Gasteiger partial charge in [0.1, 0.15) is 17.2 Å². The summed E-state index contributed by atoms with van der Waals surface area (Å²) in [5, 5.41) is 12.8. The Balaban J connectivity index is 1.81. The van der Waals surface area contributed by atoms with E-state index >= 15 is 0 Å². The molecule has 1 heterocycles. The van der Waals surface area contributed by atoms with E-state index in [1.807, 2.05) is 0 Å². The molecular formula is C23H23FN4O5. The van der Waals surface area contributed by atoms with E-state index in [1.165, 1.54) is 31.3 Å². The van der Waals surface area contributed by atoms with Crippen molar-refractivity contribution in [2.75, 3.05) is 0 Å². The third-order valence-electron chi connectivity index (χ3n) is 4.82. The maximum Gasteiger partial charge on any atom is 0.356 e. The number of carbonyl (C=O) groups excluding carboxylic acids is 2. The molecule has 172 valence electrons. The Bertz CT molecular complexity index is 1220. The van der Waals surface area contributed by atoms with Crippen LogP contribution in [0.4, 0.5) is 4.39 Å². The fourth-order valence-electron chi connectivity index (χ4n) is 3.03. The molecule has 1 amide bonds. The van der Waals surface area contributed by atoms with Gasteiger partial charge in [-0.1, -0.05) is 30.3 Å². The molecule has 1 aromatic heterocycles. The molecule has 2 aromatic carbocycles. The minimum Gasteiger partial charge on any atom is -0.501 e. The summed E-state index contributed by atoms with van der Waals surface area (Å²) in [4.78, 5) is 46.7. The standard InChI is InChI=1S/C23H23FN4O5/c1-23(2,27-33-21(32)15-7-5-4-6-8-15)22-26-17(18(29)20(31)28(22)3)19(30)25-13-14-9-11-16(24)12-10-14/h4-12,27,29H,13H2,1-3H3,(H,25,30). The smallest absolute Gasteiger partial charge is 0.356 e. The van der Waals surface area contributed by atoms with Crippen LogP contribution in [-0.2, 0) is 24.0 Å². The van der Waals surface area contributed by atoms with Gasteiger partial charge in [-0.2, -0.15) is 0 Å². The van der Waals surface area contributed by atoms with Gasteiger partial charge in [-0.3, -0.25) is 14.2 Å². The van der Waals surface area contributed by atoms with Gasteiger partial charge in [0.25, 0.3) is 11.5 Å². The number of rotatable bonds is 7. The number of nitrogens with zero attached hydrogens (tertiary/aromatic N) is 2. The van der Waals surface area contributed by atoms with E-state index in [0.717, 1.165) is 4.57 Å². The summed E-state index contributed by atoms with van der Waals surface area (Å²) in [5.74, 6) is -2.64. The molecule has 3 rings (SSSR count). The van der Waals surface area contributed by atoms with E-state index in [4.69, 9.17) is 4.84 Å². The van der Waals surface area contributed by atoms with Crippen LogP contribution in [0.15, 0.2) is 59.4 Å². The lowest BCUT2D eigenvalue weighted by molar-refractivity contribution is -0.00214. The van der Waals surface area contributed by atoms with Crippen molar-refractivity contribution in [1.82, 2.24) is 20.3 Å². The average molecular weight is 454 g/mol. The Morgan fingerprint density at radius 3 is 2.39 bits per heavy atom. The van der Waals surface area contributed by atoms with Crippen molar-refractivity contribution in [1.29, 1.82) is 0 Å². The quantitative estimate of drug-likeness (QED) is 0.468. The zero-order chi connectivity index (χ0) is 24.2. The molecule has 0 aliphatic carbocycles. The third-order valence-corrected chi connectivity index (χ3v) is 4.82. The first kappa shape index (κ1) is 23.6. The fourth-order valence-corrected chi connectivity index (χ4v) is 3.03. The predicted octanol–water partition coefficient (Wildman–Crippen LogP) is 2.15. The maximum absolute atomic E-state index is 13.0. The second kappa shape index (κ2) is 9.61. The molecule has 0 radical (unpaired) electrons. The van der Waals surface area contributed by atoms with Crippen LogP contribution in [0.3, 0.4) is 0 Å². The van der Waals surface area contributed by atoms with Crippen LogP contribution >= 0.6 is 0 Å². The Kier molecular flexibility index (Phi) is 6.88. The number of aromatic hydroxyl groups is 1. The first-order chi connectivity index (χ1) is 15.6. The van der Waals surface area contributed by atoms with Crippen LogP contribution < -0.4 is 16.4 Å². The lowest BCUT2D eigenvalue weighted by atomic mass is 10.1. The second-order valence-electron chi connectivity index (χ2n) is 7.79. The Labute approximate surface area is 188 Å². The maximum atomic E-state index is 13.0. The number of hydrogen-bond acceptors (Lipinski definition) is 7. The van der Waals surface area contributed by atoms with Gasteiger partial charge in [-0.05, 0) is 43.7 Å². The van der Waals surface area contributed by atoms with E-state index in [0.29, 0.717) is 11.1 Å². The van der Waals surface area contributed by atoms with Gasteiger partial charge in [-0.25, -0.2) is 14.2 Å². The van der Waals surface area contributed by atoms with Crippen molar-refractivity contribution >= 4 is 11.9 Å². The van der Waals surface area contributed by atoms with Crippen LogP contribution in [0.5, 0.6) is 5.75 Å². The van der Waals surface area contributed by atoms with Crippen molar-refractivity contribution in [3.05, 3.63) is 93.4 Å². The summed E-state index contributed by atoms with van der Waals surface area (Å²) in [6, 6.07) is 13.8. The molecule has 0 aliphatic heterocycles. The number of hydrogen-bond donors (Lipinski definition) is 3. The topological polar surface area (TPSA) is 123 Å². The molecule has 10 heteroatoms. The highest BCUT2D eigenvalue weighted by Gasteiger charge is 2.31. The molecular weight excluding hydrogens is 431 g/mol. The minimum atomic E-state index is -1.21. The van der Waals surface area contributed by atoms with Gasteiger partial charge < -0.3 is 15.3 Å². The van der Waals surface area contributed by atoms with Gasteiger partial charge in [0.2, 0.25) is 5.75 Å². The molecule has 0 bridgehead atoms. The van der Waals surface area contributed by atoms with Gasteiger partial charge in [0.15, 0.2) is 5.69 Å².